The Labute approximate surface area is 364 Å². The first-order chi connectivity index (χ1) is 28.8. The third kappa shape index (κ3) is 8.62. The molecule has 61 heavy (non-hydrogen) atoms. The Kier molecular flexibility index (Phi) is 11.9. The molecule has 0 spiro atoms. The molecule has 7 rings (SSSR count). The summed E-state index contributed by atoms with van der Waals surface area (Å²) in [5.41, 5.74) is 5.62. The molecular weight excluding hydrogens is 779 g/mol. The van der Waals surface area contributed by atoms with Gasteiger partial charge in [-0.25, -0.2) is 4.85 Å². The number of ether oxygens (including phenoxy) is 3. The minimum atomic E-state index is -3.64. The van der Waals surface area contributed by atoms with Crippen molar-refractivity contribution in [3.8, 4) is 28.4 Å². The Balaban J connectivity index is 1.26. The lowest BCUT2D eigenvalue weighted by Gasteiger charge is -2.41. The van der Waals surface area contributed by atoms with Crippen LogP contribution >= 0.6 is 0 Å². The molecular formula is C52H61NO7Si. The van der Waals surface area contributed by atoms with E-state index >= 15 is 0 Å². The Bertz CT molecular complexity index is 2420. The van der Waals surface area contributed by atoms with E-state index in [1.807, 2.05) is 92.6 Å². The predicted octanol–water partition coefficient (Wildman–Crippen LogP) is 13.1. The van der Waals surface area contributed by atoms with Crippen LogP contribution in [-0.2, 0) is 28.7 Å². The van der Waals surface area contributed by atoms with E-state index in [-0.39, 0.29) is 18.6 Å². The van der Waals surface area contributed by atoms with Crippen molar-refractivity contribution < 1.29 is 31.9 Å². The zero-order chi connectivity index (χ0) is 44.0. The molecule has 8 nitrogen and oxygen atoms in total. The molecule has 0 saturated heterocycles. The fourth-order valence-electron chi connectivity index (χ4n) is 8.92. The summed E-state index contributed by atoms with van der Waals surface area (Å²) in [4.78, 5) is 3.84. The average Bonchev–Trinajstić information content (AvgIpc) is 3.50. The Morgan fingerprint density at radius 2 is 1.25 bits per heavy atom. The van der Waals surface area contributed by atoms with Crippen molar-refractivity contribution in [3.63, 3.8) is 0 Å². The van der Waals surface area contributed by atoms with Crippen molar-refractivity contribution in [2.45, 2.75) is 117 Å². The molecule has 5 aromatic rings. The zero-order valence-corrected chi connectivity index (χ0v) is 38.9. The lowest BCUT2D eigenvalue weighted by Crippen LogP contribution is -2.59. The first-order valence-electron chi connectivity index (χ1n) is 21.4. The van der Waals surface area contributed by atoms with Crippen molar-refractivity contribution in [2.24, 2.45) is 0 Å². The minimum absolute atomic E-state index is 0.200. The second-order valence-electron chi connectivity index (χ2n) is 18.9. The largest absolute Gasteiger partial charge is 0.681 e. The van der Waals surface area contributed by atoms with Gasteiger partial charge < -0.3 is 31.9 Å². The molecule has 0 bridgehead atoms. The summed E-state index contributed by atoms with van der Waals surface area (Å²) < 4.78 is 45.3. The first kappa shape index (κ1) is 44.1. The molecule has 5 aromatic carbocycles. The molecule has 1 unspecified atom stereocenters. The normalized spacial score (nSPS) is 17.0. The van der Waals surface area contributed by atoms with E-state index in [0.29, 0.717) is 11.4 Å². The van der Waals surface area contributed by atoms with Crippen molar-refractivity contribution in [1.29, 1.82) is 0 Å². The lowest BCUT2D eigenvalue weighted by molar-refractivity contribution is -0.135. The Morgan fingerprint density at radius 1 is 0.689 bits per heavy atom. The molecule has 9 heteroatoms. The van der Waals surface area contributed by atoms with Crippen LogP contribution in [0.15, 0.2) is 97.1 Å². The molecule has 0 aromatic heterocycles. The van der Waals surface area contributed by atoms with Crippen LogP contribution in [0.5, 0.6) is 17.2 Å². The predicted molar refractivity (Wildman–Crippen MR) is 247 cm³/mol. The van der Waals surface area contributed by atoms with E-state index in [1.165, 1.54) is 22.3 Å². The lowest BCUT2D eigenvalue weighted by atomic mass is 9.71. The maximum atomic E-state index is 7.84. The van der Waals surface area contributed by atoms with Crippen LogP contribution in [0.25, 0.3) is 32.8 Å². The first-order valence-corrected chi connectivity index (χ1v) is 23.1. The quantitative estimate of drug-likeness (QED) is 0.0664. The van der Waals surface area contributed by atoms with Crippen molar-refractivity contribution >= 4 is 31.6 Å². The van der Waals surface area contributed by atoms with Gasteiger partial charge in [0.2, 0.25) is 0 Å². The van der Waals surface area contributed by atoms with Crippen LogP contribution in [0.3, 0.4) is 0 Å². The minimum Gasteiger partial charge on any atom is -0.497 e. The van der Waals surface area contributed by atoms with Crippen LogP contribution < -0.4 is 14.2 Å². The second kappa shape index (κ2) is 16.4. The summed E-state index contributed by atoms with van der Waals surface area (Å²) in [6.45, 7) is 30.6. The van der Waals surface area contributed by atoms with E-state index in [2.05, 4.69) is 91.5 Å². The molecule has 1 aliphatic heterocycles. The molecule has 1 atom stereocenters. The van der Waals surface area contributed by atoms with Gasteiger partial charge in [-0.15, -0.1) is 0 Å². The number of benzene rings is 5. The van der Waals surface area contributed by atoms with E-state index in [0.717, 1.165) is 51.8 Å². The van der Waals surface area contributed by atoms with Crippen LogP contribution in [-0.4, -0.2) is 46.2 Å². The van der Waals surface area contributed by atoms with Gasteiger partial charge in [-0.05, 0) is 133 Å². The summed E-state index contributed by atoms with van der Waals surface area (Å²) >= 11 is 0. The van der Waals surface area contributed by atoms with Gasteiger partial charge in [0.1, 0.15) is 23.9 Å². The van der Waals surface area contributed by atoms with Gasteiger partial charge in [-0.2, -0.15) is 0 Å². The monoisotopic (exact) mass is 839 g/mol. The maximum Gasteiger partial charge on any atom is 0.681 e. The van der Waals surface area contributed by atoms with Crippen LogP contribution in [0.1, 0.15) is 117 Å². The van der Waals surface area contributed by atoms with Gasteiger partial charge in [0.25, 0.3) is 0 Å². The fourth-order valence-corrected chi connectivity index (χ4v) is 11.8. The highest BCUT2D eigenvalue weighted by Gasteiger charge is 2.54. The van der Waals surface area contributed by atoms with E-state index in [1.54, 1.807) is 7.11 Å². The highest BCUT2D eigenvalue weighted by Crippen LogP contribution is 2.60. The molecule has 0 radical (unpaired) electrons. The SMILES string of the molecule is [C-]#[N+]c1ccc2c(c1)C(CC)(CC)c1c3c(c4ccccc4c1-2)OC(c1ccc(OC)cc1)(c1ccc(OCCO[Si](OC(C)(C)C)(OC(C)(C)C)OC(C)(C)C)cc1)C=C3. The highest BCUT2D eigenvalue weighted by molar-refractivity contribution is 6.54. The number of hydrogen-bond acceptors (Lipinski definition) is 7. The second-order valence-corrected chi connectivity index (χ2v) is 20.8. The third-order valence-corrected chi connectivity index (χ3v) is 14.4. The van der Waals surface area contributed by atoms with Gasteiger partial charge >= 0.3 is 9.05 Å². The fraction of sp³-hybridized carbons (Fsp3) is 0.404. The van der Waals surface area contributed by atoms with Gasteiger partial charge in [0, 0.05) is 27.5 Å². The molecule has 1 aliphatic carbocycles. The van der Waals surface area contributed by atoms with Gasteiger partial charge in [-0.3, -0.25) is 0 Å². The van der Waals surface area contributed by atoms with Crippen molar-refractivity contribution in [2.75, 3.05) is 20.3 Å². The number of rotatable bonds is 13. The zero-order valence-electron chi connectivity index (χ0n) is 37.9. The smallest absolute Gasteiger partial charge is 0.497 e. The molecule has 0 fully saturated rings. The molecule has 2 aliphatic rings. The van der Waals surface area contributed by atoms with E-state index in [4.69, 9.17) is 38.5 Å². The average molecular weight is 840 g/mol. The summed E-state index contributed by atoms with van der Waals surface area (Å²) in [6, 6.07) is 31.0. The standard InChI is InChI=1S/C52H61NO7Si/c1-14-51(15-2)44-34-37(53-12)24-29-42(44)45-40-18-16-17-19-41(40)47-43(46(45)51)30-31-52(57-47,35-20-25-38(54-13)26-21-35)36-22-27-39(28-23-36)55-32-33-56-61(58-48(3,4)5,59-49(6,7)8)60-50(9,10)11/h16-31,34H,14-15,32-33H2,1-11,13H3. The van der Waals surface area contributed by atoms with Crippen LogP contribution in [0.2, 0.25) is 0 Å². The topological polar surface area (TPSA) is 69.0 Å². The molecule has 1 heterocycles. The summed E-state index contributed by atoms with van der Waals surface area (Å²) in [7, 11) is -1.97. The van der Waals surface area contributed by atoms with E-state index in [9.17, 15) is 0 Å². The summed E-state index contributed by atoms with van der Waals surface area (Å²) in [5.74, 6) is 2.29. The number of nitrogens with zero attached hydrogens (tertiary/aromatic N) is 1. The number of methoxy groups -OCH3 is 1. The number of fused-ring (bicyclic) bond motifs is 8. The van der Waals surface area contributed by atoms with Crippen molar-refractivity contribution in [1.82, 2.24) is 0 Å². The molecule has 0 amide bonds. The maximum absolute atomic E-state index is 7.84. The highest BCUT2D eigenvalue weighted by atomic mass is 28.4. The van der Waals surface area contributed by atoms with Gasteiger partial charge in [0.15, 0.2) is 11.3 Å². The Morgan fingerprint density at radius 3 is 1.77 bits per heavy atom. The van der Waals surface area contributed by atoms with Crippen molar-refractivity contribution in [3.05, 3.63) is 136 Å². The number of hydrogen-bond donors (Lipinski definition) is 0. The Hall–Kier alpha value is -4.95. The summed E-state index contributed by atoms with van der Waals surface area (Å²) in [6.07, 6.45) is 6.25. The molecule has 0 saturated carbocycles. The van der Waals surface area contributed by atoms with Gasteiger partial charge in [0.05, 0.1) is 37.1 Å². The van der Waals surface area contributed by atoms with Crippen LogP contribution in [0.4, 0.5) is 5.69 Å². The molecule has 320 valence electrons. The summed E-state index contributed by atoms with van der Waals surface area (Å²) in [5, 5.41) is 2.19. The molecule has 0 N–H and O–H groups in total. The van der Waals surface area contributed by atoms with Gasteiger partial charge in [-0.1, -0.05) is 86.7 Å². The van der Waals surface area contributed by atoms with Crippen LogP contribution in [0, 0.1) is 6.57 Å². The van der Waals surface area contributed by atoms with E-state index < -0.39 is 31.5 Å². The third-order valence-electron chi connectivity index (χ3n) is 11.3.